The van der Waals surface area contributed by atoms with E-state index in [2.05, 4.69) is 20.9 Å². The minimum atomic E-state index is -0.352. The first-order chi connectivity index (χ1) is 15.8. The predicted octanol–water partition coefficient (Wildman–Crippen LogP) is 4.04. The van der Waals surface area contributed by atoms with E-state index in [-0.39, 0.29) is 23.7 Å². The van der Waals surface area contributed by atoms with E-state index in [0.29, 0.717) is 17.8 Å². The second kappa shape index (κ2) is 11.1. The topological polar surface area (TPSA) is 112 Å². The first kappa shape index (κ1) is 23.7. The number of anilines is 3. The highest BCUT2D eigenvalue weighted by Gasteiger charge is 2.17. The Balaban J connectivity index is 1.70. The molecule has 0 spiro atoms. The van der Waals surface area contributed by atoms with Crippen molar-refractivity contribution in [1.29, 1.82) is 0 Å². The van der Waals surface area contributed by atoms with Gasteiger partial charge < -0.3 is 26.6 Å². The molecule has 2 aromatic carbocycles. The zero-order valence-electron chi connectivity index (χ0n) is 19.1. The summed E-state index contributed by atoms with van der Waals surface area (Å²) in [5, 5.41) is 8.66. The lowest BCUT2D eigenvalue weighted by molar-refractivity contribution is 0.102. The molecule has 0 aliphatic heterocycles. The summed E-state index contributed by atoms with van der Waals surface area (Å²) in [5.74, 6) is -0.352. The van der Waals surface area contributed by atoms with Gasteiger partial charge in [-0.2, -0.15) is 0 Å². The molecule has 8 nitrogen and oxygen atoms in total. The van der Waals surface area contributed by atoms with Crippen LogP contribution in [0.25, 0.3) is 0 Å². The van der Waals surface area contributed by atoms with Crippen LogP contribution in [-0.4, -0.2) is 42.5 Å². The minimum absolute atomic E-state index is 0.262. The lowest BCUT2D eigenvalue weighted by Crippen LogP contribution is -2.34. The number of benzene rings is 2. The van der Waals surface area contributed by atoms with E-state index >= 15 is 0 Å². The molecule has 0 saturated heterocycles. The molecule has 8 heteroatoms. The third kappa shape index (κ3) is 7.05. The molecular formula is C25H30N6O2. The van der Waals surface area contributed by atoms with Gasteiger partial charge in [-0.3, -0.25) is 9.78 Å². The van der Waals surface area contributed by atoms with Crippen molar-refractivity contribution >= 4 is 29.0 Å². The molecule has 1 heterocycles. The highest BCUT2D eigenvalue weighted by atomic mass is 16.2. The zero-order chi connectivity index (χ0) is 23.8. The Bertz CT molecular complexity index is 1100. The van der Waals surface area contributed by atoms with Gasteiger partial charge in [0.25, 0.3) is 5.91 Å². The molecule has 0 fully saturated rings. The number of pyridine rings is 1. The van der Waals surface area contributed by atoms with Crippen LogP contribution < -0.4 is 21.7 Å². The summed E-state index contributed by atoms with van der Waals surface area (Å²) in [6.45, 7) is 2.74. The van der Waals surface area contributed by atoms with Crippen molar-refractivity contribution in [3.8, 4) is 0 Å². The highest BCUT2D eigenvalue weighted by Crippen LogP contribution is 2.20. The third-order valence-electron chi connectivity index (χ3n) is 5.08. The molecule has 5 N–H and O–H groups in total. The summed E-state index contributed by atoms with van der Waals surface area (Å²) in [5.41, 5.74) is 9.77. The maximum Gasteiger partial charge on any atom is 0.319 e. The SMILES string of the molecule is Cc1cccc(NC(=O)NC(CCN(C)C)c2ccc(C(=O)Nc3ccccc3N)nc2)c1. The number of para-hydroxylation sites is 2. The Hall–Kier alpha value is -3.91. The van der Waals surface area contributed by atoms with Crippen LogP contribution in [0.1, 0.15) is 34.1 Å². The third-order valence-corrected chi connectivity index (χ3v) is 5.08. The van der Waals surface area contributed by atoms with E-state index in [1.165, 1.54) is 0 Å². The van der Waals surface area contributed by atoms with Crippen LogP contribution in [-0.2, 0) is 0 Å². The van der Waals surface area contributed by atoms with Crippen molar-refractivity contribution in [1.82, 2.24) is 15.2 Å². The smallest absolute Gasteiger partial charge is 0.319 e. The van der Waals surface area contributed by atoms with Crippen LogP contribution in [0, 0.1) is 6.92 Å². The fourth-order valence-electron chi connectivity index (χ4n) is 3.30. The van der Waals surface area contributed by atoms with Gasteiger partial charge in [0.2, 0.25) is 0 Å². The van der Waals surface area contributed by atoms with Crippen molar-refractivity contribution in [2.45, 2.75) is 19.4 Å². The van der Waals surface area contributed by atoms with Crippen LogP contribution in [0.4, 0.5) is 21.9 Å². The van der Waals surface area contributed by atoms with Gasteiger partial charge >= 0.3 is 6.03 Å². The van der Waals surface area contributed by atoms with Crippen molar-refractivity contribution in [2.24, 2.45) is 0 Å². The standard InChI is InChI=1S/C25H30N6O2/c1-17-7-6-8-19(15-17)28-25(33)30-21(13-14-31(2)3)18-11-12-23(27-16-18)24(32)29-22-10-5-4-9-20(22)26/h4-12,15-16,21H,13-14,26H2,1-3H3,(H,29,32)(H2,28,30,33). The molecule has 1 atom stereocenters. The number of rotatable bonds is 8. The van der Waals surface area contributed by atoms with Gasteiger partial charge in [0.05, 0.1) is 17.4 Å². The van der Waals surface area contributed by atoms with Gasteiger partial charge in [0, 0.05) is 11.9 Å². The van der Waals surface area contributed by atoms with Crippen molar-refractivity contribution in [3.05, 3.63) is 83.7 Å². The maximum atomic E-state index is 12.6. The molecule has 172 valence electrons. The molecule has 1 unspecified atom stereocenters. The van der Waals surface area contributed by atoms with Gasteiger partial charge in [0.1, 0.15) is 5.69 Å². The Morgan fingerprint density at radius 3 is 2.48 bits per heavy atom. The lowest BCUT2D eigenvalue weighted by atomic mass is 10.1. The first-order valence-corrected chi connectivity index (χ1v) is 10.7. The Morgan fingerprint density at radius 1 is 1.03 bits per heavy atom. The summed E-state index contributed by atoms with van der Waals surface area (Å²) in [6.07, 6.45) is 2.30. The van der Waals surface area contributed by atoms with Gasteiger partial charge in [-0.15, -0.1) is 0 Å². The first-order valence-electron chi connectivity index (χ1n) is 10.7. The van der Waals surface area contributed by atoms with Crippen LogP contribution in [0.5, 0.6) is 0 Å². The average Bonchev–Trinajstić information content (AvgIpc) is 2.78. The number of nitrogens with zero attached hydrogens (tertiary/aromatic N) is 2. The fraction of sp³-hybridized carbons (Fsp3) is 0.240. The van der Waals surface area contributed by atoms with E-state index in [1.54, 1.807) is 36.5 Å². The van der Waals surface area contributed by atoms with Gasteiger partial charge in [-0.05, 0) is 75.4 Å². The quantitative estimate of drug-likeness (QED) is 0.390. The number of nitrogens with one attached hydrogen (secondary N) is 3. The highest BCUT2D eigenvalue weighted by molar-refractivity contribution is 6.04. The van der Waals surface area contributed by atoms with E-state index in [9.17, 15) is 9.59 Å². The van der Waals surface area contributed by atoms with E-state index in [0.717, 1.165) is 23.4 Å². The summed E-state index contributed by atoms with van der Waals surface area (Å²) < 4.78 is 0. The van der Waals surface area contributed by atoms with Crippen LogP contribution >= 0.6 is 0 Å². The second-order valence-electron chi connectivity index (χ2n) is 8.13. The Kier molecular flexibility index (Phi) is 7.99. The molecule has 3 rings (SSSR count). The number of amides is 3. The normalized spacial score (nSPS) is 11.6. The number of carbonyl (C=O) groups excluding carboxylic acids is 2. The predicted molar refractivity (Wildman–Crippen MR) is 132 cm³/mol. The molecular weight excluding hydrogens is 416 g/mol. The van der Waals surface area contributed by atoms with E-state index in [4.69, 9.17) is 5.73 Å². The second-order valence-corrected chi connectivity index (χ2v) is 8.13. The molecule has 3 amide bonds. The average molecular weight is 447 g/mol. The van der Waals surface area contributed by atoms with Crippen LogP contribution in [0.15, 0.2) is 66.9 Å². The summed E-state index contributed by atoms with van der Waals surface area (Å²) in [4.78, 5) is 31.6. The van der Waals surface area contributed by atoms with E-state index in [1.807, 2.05) is 56.3 Å². The number of nitrogen functional groups attached to an aromatic ring is 1. The number of aromatic nitrogens is 1. The number of hydrogen-bond acceptors (Lipinski definition) is 5. The maximum absolute atomic E-state index is 12.6. The molecule has 0 aliphatic rings. The molecule has 33 heavy (non-hydrogen) atoms. The molecule has 0 bridgehead atoms. The Labute approximate surface area is 194 Å². The largest absolute Gasteiger partial charge is 0.397 e. The van der Waals surface area contributed by atoms with Crippen molar-refractivity contribution in [2.75, 3.05) is 37.0 Å². The minimum Gasteiger partial charge on any atom is -0.397 e. The van der Waals surface area contributed by atoms with Crippen LogP contribution in [0.2, 0.25) is 0 Å². The molecule has 3 aromatic rings. The molecule has 0 aliphatic carbocycles. The van der Waals surface area contributed by atoms with Crippen LogP contribution in [0.3, 0.4) is 0 Å². The van der Waals surface area contributed by atoms with E-state index < -0.39 is 0 Å². The van der Waals surface area contributed by atoms with Crippen molar-refractivity contribution in [3.63, 3.8) is 0 Å². The molecule has 0 radical (unpaired) electrons. The number of urea groups is 1. The van der Waals surface area contributed by atoms with Gasteiger partial charge in [0.15, 0.2) is 0 Å². The number of hydrogen-bond donors (Lipinski definition) is 4. The number of nitrogens with two attached hydrogens (primary N) is 1. The van der Waals surface area contributed by atoms with Crippen molar-refractivity contribution < 1.29 is 9.59 Å². The summed E-state index contributed by atoms with van der Waals surface area (Å²) in [6, 6.07) is 17.5. The Morgan fingerprint density at radius 2 is 1.82 bits per heavy atom. The van der Waals surface area contributed by atoms with Gasteiger partial charge in [-0.1, -0.05) is 30.3 Å². The lowest BCUT2D eigenvalue weighted by Gasteiger charge is -2.21. The number of aryl methyl sites for hydroxylation is 1. The fourth-order valence-corrected chi connectivity index (χ4v) is 3.30. The summed E-state index contributed by atoms with van der Waals surface area (Å²) >= 11 is 0. The van der Waals surface area contributed by atoms with Gasteiger partial charge in [-0.25, -0.2) is 4.79 Å². The molecule has 1 aromatic heterocycles. The molecule has 0 saturated carbocycles. The summed E-state index contributed by atoms with van der Waals surface area (Å²) in [7, 11) is 3.95. The monoisotopic (exact) mass is 446 g/mol. The zero-order valence-corrected chi connectivity index (χ0v) is 19.1. The number of carbonyl (C=O) groups is 2.